The van der Waals surface area contributed by atoms with E-state index in [0.717, 1.165) is 35.0 Å². The number of furan rings is 1. The summed E-state index contributed by atoms with van der Waals surface area (Å²) in [4.78, 5) is 21.5. The van der Waals surface area contributed by atoms with Gasteiger partial charge in [-0.2, -0.15) is 8.75 Å². The number of aromatic hydroxyl groups is 1. The summed E-state index contributed by atoms with van der Waals surface area (Å²) in [6.07, 6.45) is 1.76. The summed E-state index contributed by atoms with van der Waals surface area (Å²) in [6, 6.07) is 14.7. The van der Waals surface area contributed by atoms with E-state index in [1.54, 1.807) is 29.3 Å². The molecule has 1 amide bonds. The molecule has 220 valence electrons. The number of piperazine rings is 1. The summed E-state index contributed by atoms with van der Waals surface area (Å²) in [5.74, 6) is 4.01. The molecule has 3 N–H and O–H groups in total. The minimum Gasteiger partial charge on any atom is -0.505 e. The van der Waals surface area contributed by atoms with E-state index < -0.39 is 0 Å². The molecule has 0 radical (unpaired) electrons. The maximum Gasteiger partial charge on any atom is 0.257 e. The first-order chi connectivity index (χ1) is 19.8. The van der Waals surface area contributed by atoms with Crippen LogP contribution in [0.15, 0.2) is 59.1 Å². The van der Waals surface area contributed by atoms with Crippen LogP contribution in [0.25, 0.3) is 0 Å². The van der Waals surface area contributed by atoms with Gasteiger partial charge in [-0.1, -0.05) is 46.8 Å². The lowest BCUT2D eigenvalue weighted by atomic mass is 10.1. The zero-order valence-corrected chi connectivity index (χ0v) is 25.5. The molecule has 0 unspecified atom stereocenters. The number of anilines is 4. The van der Waals surface area contributed by atoms with Crippen molar-refractivity contribution in [1.82, 2.24) is 18.6 Å². The van der Waals surface area contributed by atoms with E-state index in [4.69, 9.17) is 4.42 Å². The minimum atomic E-state index is -0.213. The molecule has 1 aromatic carbocycles. The number of hydrogen-bond acceptors (Lipinski definition) is 10. The van der Waals surface area contributed by atoms with Crippen LogP contribution in [0, 0.1) is 12.8 Å². The van der Waals surface area contributed by atoms with Crippen molar-refractivity contribution in [3.05, 3.63) is 71.8 Å². The zero-order chi connectivity index (χ0) is 29.8. The van der Waals surface area contributed by atoms with E-state index in [1.165, 1.54) is 0 Å². The first-order valence-electron chi connectivity index (χ1n) is 14.0. The lowest BCUT2D eigenvalue weighted by Gasteiger charge is -2.35. The average molecular weight is 580 g/mol. The summed E-state index contributed by atoms with van der Waals surface area (Å²) in [5, 5.41) is 17.2. The van der Waals surface area contributed by atoms with Crippen LogP contribution in [0.5, 0.6) is 5.75 Å². The molecule has 4 heterocycles. The fraction of sp³-hybridized carbons (Fsp3) is 0.400. The highest BCUT2D eigenvalue weighted by atomic mass is 32.1. The summed E-state index contributed by atoms with van der Waals surface area (Å²) in [6.45, 7) is 15.3. The van der Waals surface area contributed by atoms with E-state index in [9.17, 15) is 9.90 Å². The predicted molar refractivity (Wildman–Crippen MR) is 166 cm³/mol. The van der Waals surface area contributed by atoms with Crippen molar-refractivity contribution in [2.75, 3.05) is 41.7 Å². The molecule has 11 heteroatoms. The third-order valence-electron chi connectivity index (χ3n) is 5.77. The van der Waals surface area contributed by atoms with Gasteiger partial charge in [0.15, 0.2) is 17.4 Å². The number of amides is 1. The van der Waals surface area contributed by atoms with Crippen LogP contribution in [0.1, 0.15) is 56.5 Å². The highest BCUT2D eigenvalue weighted by Gasteiger charge is 2.25. The number of aromatic nitrogens is 3. The van der Waals surface area contributed by atoms with Gasteiger partial charge in [-0.25, -0.2) is 4.98 Å². The molecule has 0 saturated carbocycles. The van der Waals surface area contributed by atoms with E-state index in [0.29, 0.717) is 50.0 Å². The Bertz CT molecular complexity index is 1350. The Morgan fingerprint density at radius 3 is 2.34 bits per heavy atom. The third kappa shape index (κ3) is 8.94. The predicted octanol–water partition coefficient (Wildman–Crippen LogP) is 6.55. The Morgan fingerprint density at radius 2 is 1.71 bits per heavy atom. The van der Waals surface area contributed by atoms with Crippen molar-refractivity contribution in [2.24, 2.45) is 5.92 Å². The number of nitrogens with one attached hydrogen (secondary N) is 2. The molecular formula is C30H41N7O3S. The number of para-hydroxylation sites is 1. The average Bonchev–Trinajstić information content (AvgIpc) is 3.62. The number of nitrogens with zero attached hydrogens (tertiary/aromatic N) is 5. The highest BCUT2D eigenvalue weighted by molar-refractivity contribution is 6.99. The van der Waals surface area contributed by atoms with Crippen molar-refractivity contribution >= 4 is 40.8 Å². The monoisotopic (exact) mass is 579 g/mol. The standard InChI is InChI=1S/C24H25N7O3S.C4H10.C2H6/c1-16-8-9-17(34-16)15-26-22-23(29-35-28-22)27-19-6-4-5-18(21(19)32)24(33)31-13-11-30(12-14-31)20-7-2-3-10-25-20;1-4(2)3;1-2/h2-10,32H,11-15H2,1H3,(H,26,28)(H,27,29);4H,1-3H3;1-2H3. The van der Waals surface area contributed by atoms with Gasteiger partial charge in [0, 0.05) is 32.4 Å². The number of phenols is 1. The van der Waals surface area contributed by atoms with Crippen molar-refractivity contribution in [2.45, 2.75) is 48.1 Å². The zero-order valence-electron chi connectivity index (χ0n) is 24.7. The molecule has 1 aliphatic rings. The maximum atomic E-state index is 13.2. The molecular weight excluding hydrogens is 538 g/mol. The molecule has 1 fully saturated rings. The first-order valence-corrected chi connectivity index (χ1v) is 14.7. The van der Waals surface area contributed by atoms with Gasteiger partial charge >= 0.3 is 0 Å². The molecule has 4 aromatic rings. The molecule has 0 aliphatic carbocycles. The number of carbonyl (C=O) groups excluding carboxylic acids is 1. The van der Waals surface area contributed by atoms with Crippen LogP contribution in [0.3, 0.4) is 0 Å². The van der Waals surface area contributed by atoms with E-state index in [-0.39, 0.29) is 17.2 Å². The Morgan fingerprint density at radius 1 is 1.00 bits per heavy atom. The number of rotatable bonds is 7. The Hall–Kier alpha value is -4.12. The summed E-state index contributed by atoms with van der Waals surface area (Å²) < 4.78 is 14.1. The molecule has 1 saturated heterocycles. The highest BCUT2D eigenvalue weighted by Crippen LogP contribution is 2.33. The summed E-state index contributed by atoms with van der Waals surface area (Å²) in [7, 11) is 0. The van der Waals surface area contributed by atoms with Gasteiger partial charge < -0.3 is 30.0 Å². The second-order valence-corrected chi connectivity index (χ2v) is 10.4. The third-order valence-corrected chi connectivity index (χ3v) is 6.30. The van der Waals surface area contributed by atoms with Crippen molar-refractivity contribution < 1.29 is 14.3 Å². The molecule has 1 aliphatic heterocycles. The van der Waals surface area contributed by atoms with Gasteiger partial charge in [-0.3, -0.25) is 4.79 Å². The Labute approximate surface area is 246 Å². The van der Waals surface area contributed by atoms with Crippen LogP contribution in [-0.2, 0) is 6.54 Å². The Balaban J connectivity index is 0.000000710. The summed E-state index contributed by atoms with van der Waals surface area (Å²) >= 11 is 1.04. The maximum absolute atomic E-state index is 13.2. The Kier molecular flexibility index (Phi) is 12.0. The smallest absolute Gasteiger partial charge is 0.257 e. The number of phenolic OH excluding ortho intramolecular Hbond substituents is 1. The van der Waals surface area contributed by atoms with Gasteiger partial charge in [0.25, 0.3) is 5.91 Å². The summed E-state index contributed by atoms with van der Waals surface area (Å²) in [5.41, 5.74) is 0.623. The minimum absolute atomic E-state index is 0.120. The molecule has 3 aromatic heterocycles. The second kappa shape index (κ2) is 15.6. The van der Waals surface area contributed by atoms with Crippen LogP contribution in [0.2, 0.25) is 0 Å². The van der Waals surface area contributed by atoms with Crippen LogP contribution < -0.4 is 15.5 Å². The molecule has 5 rings (SSSR count). The first kappa shape index (κ1) is 31.4. The lowest BCUT2D eigenvalue weighted by molar-refractivity contribution is 0.0743. The van der Waals surface area contributed by atoms with Gasteiger partial charge in [0.2, 0.25) is 0 Å². The van der Waals surface area contributed by atoms with Gasteiger partial charge in [0.05, 0.1) is 29.5 Å². The van der Waals surface area contributed by atoms with Crippen molar-refractivity contribution in [3.63, 3.8) is 0 Å². The topological polar surface area (TPSA) is 120 Å². The quantitative estimate of drug-likeness (QED) is 0.209. The molecule has 0 bridgehead atoms. The fourth-order valence-electron chi connectivity index (χ4n) is 3.93. The number of carbonyl (C=O) groups is 1. The number of aryl methyl sites for hydroxylation is 1. The van der Waals surface area contributed by atoms with Crippen molar-refractivity contribution in [1.29, 1.82) is 0 Å². The van der Waals surface area contributed by atoms with Gasteiger partial charge in [-0.05, 0) is 49.2 Å². The molecule has 41 heavy (non-hydrogen) atoms. The fourth-order valence-corrected chi connectivity index (χ4v) is 4.42. The molecule has 0 atom stereocenters. The number of pyridine rings is 1. The SMILES string of the molecule is CC.CC(C)C.Cc1ccc(CNc2nsnc2Nc2cccc(C(=O)N3CCN(c4ccccn4)CC3)c2O)o1. The van der Waals surface area contributed by atoms with E-state index in [2.05, 4.69) is 50.0 Å². The van der Waals surface area contributed by atoms with Crippen LogP contribution in [0.4, 0.5) is 23.1 Å². The van der Waals surface area contributed by atoms with Gasteiger partial charge in [0.1, 0.15) is 17.3 Å². The molecule has 10 nitrogen and oxygen atoms in total. The van der Waals surface area contributed by atoms with Crippen LogP contribution >= 0.6 is 11.7 Å². The normalized spacial score (nSPS) is 12.7. The largest absolute Gasteiger partial charge is 0.505 e. The van der Waals surface area contributed by atoms with Gasteiger partial charge in [-0.15, -0.1) is 0 Å². The second-order valence-electron chi connectivity index (χ2n) is 9.85. The van der Waals surface area contributed by atoms with Crippen LogP contribution in [-0.4, -0.2) is 55.8 Å². The number of hydrogen-bond donors (Lipinski definition) is 3. The van der Waals surface area contributed by atoms with E-state index in [1.807, 2.05) is 51.1 Å². The number of benzene rings is 1. The van der Waals surface area contributed by atoms with Crippen molar-refractivity contribution in [3.8, 4) is 5.75 Å². The van der Waals surface area contributed by atoms with E-state index >= 15 is 0 Å². The molecule has 0 spiro atoms. The lowest BCUT2D eigenvalue weighted by Crippen LogP contribution is -2.49.